The third-order valence-electron chi connectivity index (χ3n) is 5.84. The van der Waals surface area contributed by atoms with Crippen LogP contribution in [0.1, 0.15) is 69.2 Å². The first kappa shape index (κ1) is 17.8. The Kier molecular flexibility index (Phi) is 5.36. The number of hydrogen-bond acceptors (Lipinski definition) is 3. The fourth-order valence-electron chi connectivity index (χ4n) is 4.12. The summed E-state index contributed by atoms with van der Waals surface area (Å²) in [6, 6.07) is 9.12. The van der Waals surface area contributed by atoms with E-state index < -0.39 is 5.41 Å². The fraction of sp³-hybridized carbons (Fsp3) is 0.571. The lowest BCUT2D eigenvalue weighted by Gasteiger charge is -2.28. The van der Waals surface area contributed by atoms with E-state index in [2.05, 4.69) is 5.10 Å². The number of Topliss-reactive ketones (excluding diaryl/α,β-unsaturated/α-hetero) is 1. The van der Waals surface area contributed by atoms with Gasteiger partial charge in [-0.05, 0) is 26.2 Å². The van der Waals surface area contributed by atoms with Gasteiger partial charge >= 0.3 is 0 Å². The molecule has 2 aliphatic rings. The normalized spacial score (nSPS) is 25.0. The number of hydrazone groups is 1. The van der Waals surface area contributed by atoms with Crippen LogP contribution in [0.4, 0.5) is 0 Å². The Morgan fingerprint density at radius 1 is 1.16 bits per heavy atom. The Morgan fingerprint density at radius 2 is 1.80 bits per heavy atom. The number of benzene rings is 1. The van der Waals surface area contributed by atoms with Gasteiger partial charge in [0.1, 0.15) is 6.54 Å². The summed E-state index contributed by atoms with van der Waals surface area (Å²) in [7, 11) is 0. The quantitative estimate of drug-likeness (QED) is 0.587. The first-order chi connectivity index (χ1) is 12.0. The van der Waals surface area contributed by atoms with E-state index in [0.29, 0.717) is 11.5 Å². The Hall–Kier alpha value is -1.97. The van der Waals surface area contributed by atoms with Crippen molar-refractivity contribution in [2.24, 2.45) is 16.4 Å². The first-order valence-corrected chi connectivity index (χ1v) is 9.46. The standard InChI is InChI=1S/C21H28N2O2/c1-16-21(2,14-17-10-6-3-4-7-11-17)20(25)23(22-16)15-19(24)18-12-8-5-9-13-18/h5,8-9,12-13,17H,3-4,6-7,10-11,14-15H2,1-2H3. The summed E-state index contributed by atoms with van der Waals surface area (Å²) in [5.74, 6) is 0.508. The largest absolute Gasteiger partial charge is 0.292 e. The molecule has 1 heterocycles. The maximum atomic E-state index is 13.0. The van der Waals surface area contributed by atoms with E-state index in [-0.39, 0.29) is 18.2 Å². The van der Waals surface area contributed by atoms with Crippen LogP contribution in [0, 0.1) is 11.3 Å². The van der Waals surface area contributed by atoms with Crippen LogP contribution in [-0.4, -0.2) is 29.0 Å². The Bertz CT molecular complexity index is 660. The van der Waals surface area contributed by atoms with Crippen molar-refractivity contribution in [1.29, 1.82) is 0 Å². The predicted molar refractivity (Wildman–Crippen MR) is 99.5 cm³/mol. The summed E-state index contributed by atoms with van der Waals surface area (Å²) in [6.07, 6.45) is 8.43. The van der Waals surface area contributed by atoms with Crippen LogP contribution in [-0.2, 0) is 4.79 Å². The van der Waals surface area contributed by atoms with Crippen molar-refractivity contribution in [3.8, 4) is 0 Å². The van der Waals surface area contributed by atoms with Crippen molar-refractivity contribution >= 4 is 17.4 Å². The van der Waals surface area contributed by atoms with Crippen LogP contribution in [0.25, 0.3) is 0 Å². The third-order valence-corrected chi connectivity index (χ3v) is 5.84. The van der Waals surface area contributed by atoms with E-state index in [1.165, 1.54) is 43.5 Å². The van der Waals surface area contributed by atoms with Gasteiger partial charge in [-0.3, -0.25) is 9.59 Å². The summed E-state index contributed by atoms with van der Waals surface area (Å²) in [5, 5.41) is 5.85. The number of hydrogen-bond donors (Lipinski definition) is 0. The molecule has 0 aromatic heterocycles. The number of carbonyl (C=O) groups is 2. The van der Waals surface area contributed by atoms with Gasteiger partial charge in [-0.25, -0.2) is 5.01 Å². The molecule has 4 heteroatoms. The van der Waals surface area contributed by atoms with Gasteiger partial charge in [-0.15, -0.1) is 0 Å². The summed E-state index contributed by atoms with van der Waals surface area (Å²) in [4.78, 5) is 25.5. The molecule has 1 aliphatic carbocycles. The zero-order valence-corrected chi connectivity index (χ0v) is 15.3. The number of ketones is 1. The second kappa shape index (κ2) is 7.51. The van der Waals surface area contributed by atoms with Crippen molar-refractivity contribution in [2.45, 2.75) is 58.8 Å². The van der Waals surface area contributed by atoms with E-state index >= 15 is 0 Å². The molecule has 1 amide bonds. The molecule has 134 valence electrons. The lowest BCUT2D eigenvalue weighted by Crippen LogP contribution is -2.39. The summed E-state index contributed by atoms with van der Waals surface area (Å²) >= 11 is 0. The molecule has 1 fully saturated rings. The van der Waals surface area contributed by atoms with Gasteiger partial charge < -0.3 is 0 Å². The lowest BCUT2D eigenvalue weighted by atomic mass is 9.75. The van der Waals surface area contributed by atoms with Gasteiger partial charge in [0.05, 0.1) is 11.1 Å². The van der Waals surface area contributed by atoms with Crippen molar-refractivity contribution in [3.63, 3.8) is 0 Å². The molecule has 3 rings (SSSR count). The van der Waals surface area contributed by atoms with E-state index in [1.54, 1.807) is 12.1 Å². The first-order valence-electron chi connectivity index (χ1n) is 9.46. The molecule has 0 radical (unpaired) electrons. The topological polar surface area (TPSA) is 49.7 Å². The van der Waals surface area contributed by atoms with E-state index in [1.807, 2.05) is 32.0 Å². The van der Waals surface area contributed by atoms with E-state index in [9.17, 15) is 9.59 Å². The minimum absolute atomic E-state index is 0.0153. The Labute approximate surface area is 150 Å². The molecule has 1 aromatic rings. The molecular formula is C21H28N2O2. The van der Waals surface area contributed by atoms with Crippen LogP contribution >= 0.6 is 0 Å². The predicted octanol–water partition coefficient (Wildman–Crippen LogP) is 4.45. The van der Waals surface area contributed by atoms with Crippen LogP contribution in [0.5, 0.6) is 0 Å². The maximum Gasteiger partial charge on any atom is 0.254 e. The smallest absolute Gasteiger partial charge is 0.254 e. The molecule has 1 atom stereocenters. The fourth-order valence-corrected chi connectivity index (χ4v) is 4.12. The monoisotopic (exact) mass is 340 g/mol. The van der Waals surface area contributed by atoms with Gasteiger partial charge in [0.25, 0.3) is 5.91 Å². The molecule has 0 saturated heterocycles. The van der Waals surface area contributed by atoms with Crippen LogP contribution in [0.2, 0.25) is 0 Å². The molecule has 0 N–H and O–H groups in total. The van der Waals surface area contributed by atoms with Crippen molar-refractivity contribution in [3.05, 3.63) is 35.9 Å². The van der Waals surface area contributed by atoms with E-state index in [0.717, 1.165) is 12.1 Å². The average molecular weight is 340 g/mol. The van der Waals surface area contributed by atoms with Gasteiger partial charge in [0, 0.05) is 5.56 Å². The highest BCUT2D eigenvalue weighted by molar-refractivity contribution is 6.12. The van der Waals surface area contributed by atoms with Crippen LogP contribution in [0.15, 0.2) is 35.4 Å². The second-order valence-electron chi connectivity index (χ2n) is 7.73. The molecule has 0 bridgehead atoms. The van der Waals surface area contributed by atoms with Gasteiger partial charge in [0.15, 0.2) is 5.78 Å². The molecule has 1 aromatic carbocycles. The highest BCUT2D eigenvalue weighted by Gasteiger charge is 2.46. The number of rotatable bonds is 5. The zero-order chi connectivity index (χ0) is 17.9. The van der Waals surface area contributed by atoms with E-state index in [4.69, 9.17) is 0 Å². The highest BCUT2D eigenvalue weighted by atomic mass is 16.2. The second-order valence-corrected chi connectivity index (χ2v) is 7.73. The summed E-state index contributed by atoms with van der Waals surface area (Å²) in [6.45, 7) is 3.97. The van der Waals surface area contributed by atoms with Gasteiger partial charge in [-0.1, -0.05) is 68.9 Å². The maximum absolute atomic E-state index is 13.0. The van der Waals surface area contributed by atoms with Crippen LogP contribution in [0.3, 0.4) is 0 Å². The molecule has 1 unspecified atom stereocenters. The number of carbonyl (C=O) groups excluding carboxylic acids is 2. The van der Waals surface area contributed by atoms with Crippen molar-refractivity contribution < 1.29 is 9.59 Å². The molecule has 4 nitrogen and oxygen atoms in total. The minimum Gasteiger partial charge on any atom is -0.292 e. The van der Waals surface area contributed by atoms with Gasteiger partial charge in [0.2, 0.25) is 0 Å². The highest BCUT2D eigenvalue weighted by Crippen LogP contribution is 2.39. The van der Waals surface area contributed by atoms with Gasteiger partial charge in [-0.2, -0.15) is 5.10 Å². The molecular weight excluding hydrogens is 312 g/mol. The summed E-state index contributed by atoms with van der Waals surface area (Å²) < 4.78 is 0. The Morgan fingerprint density at radius 3 is 2.44 bits per heavy atom. The minimum atomic E-state index is -0.550. The SMILES string of the molecule is CC1=NN(CC(=O)c2ccccc2)C(=O)C1(C)CC1CCCCCC1. The number of nitrogens with zero attached hydrogens (tertiary/aromatic N) is 2. The zero-order valence-electron chi connectivity index (χ0n) is 15.3. The lowest BCUT2D eigenvalue weighted by molar-refractivity contribution is -0.135. The van der Waals surface area contributed by atoms with Crippen LogP contribution < -0.4 is 0 Å². The number of amides is 1. The van der Waals surface area contributed by atoms with Crippen molar-refractivity contribution in [1.82, 2.24) is 5.01 Å². The third kappa shape index (κ3) is 3.83. The van der Waals surface area contributed by atoms with Crippen molar-refractivity contribution in [2.75, 3.05) is 6.54 Å². The average Bonchev–Trinajstić information content (AvgIpc) is 2.82. The summed E-state index contributed by atoms with van der Waals surface area (Å²) in [5.41, 5.74) is 0.925. The molecule has 1 saturated carbocycles. The molecule has 25 heavy (non-hydrogen) atoms. The molecule has 0 spiro atoms. The molecule has 1 aliphatic heterocycles. The Balaban J connectivity index is 1.68.